The molecule has 1 aliphatic carbocycles. The van der Waals surface area contributed by atoms with Crippen LogP contribution in [0.5, 0.6) is 0 Å². The van der Waals surface area contributed by atoms with E-state index in [-0.39, 0.29) is 28.2 Å². The Bertz CT molecular complexity index is 1010. The van der Waals surface area contributed by atoms with Gasteiger partial charge in [0.15, 0.2) is 5.41 Å². The van der Waals surface area contributed by atoms with Gasteiger partial charge in [-0.05, 0) is 66.3 Å². The van der Waals surface area contributed by atoms with Gasteiger partial charge < -0.3 is 10.2 Å². The Hall–Kier alpha value is -2.25. The molecule has 9 heteroatoms. The number of fused-ring (bicyclic) bond motifs is 1. The number of hydrogen-bond acceptors (Lipinski definition) is 2. The maximum atomic E-state index is 14.3. The fourth-order valence-electron chi connectivity index (χ4n) is 4.49. The van der Waals surface area contributed by atoms with Crippen LogP contribution in [-0.2, 0) is 21.4 Å². The lowest BCUT2D eigenvalue weighted by Crippen LogP contribution is -2.49. The summed E-state index contributed by atoms with van der Waals surface area (Å²) in [5.41, 5.74) is -0.723. The maximum Gasteiger partial charge on any atom is 0.407 e. The summed E-state index contributed by atoms with van der Waals surface area (Å²) in [5, 5.41) is 2.81. The summed E-state index contributed by atoms with van der Waals surface area (Å²) in [6.45, 7) is 3.91. The highest BCUT2D eigenvalue weighted by Crippen LogP contribution is 2.50. The van der Waals surface area contributed by atoms with Gasteiger partial charge in [-0.2, -0.15) is 13.2 Å². The highest BCUT2D eigenvalue weighted by atomic mass is 35.5. The third kappa shape index (κ3) is 4.08. The highest BCUT2D eigenvalue weighted by Gasteiger charge is 2.65. The van der Waals surface area contributed by atoms with Gasteiger partial charge >= 0.3 is 6.18 Å². The lowest BCUT2D eigenvalue weighted by Gasteiger charge is -2.31. The molecule has 1 aliphatic heterocycles. The highest BCUT2D eigenvalue weighted by molar-refractivity contribution is 6.34. The molecule has 0 saturated carbocycles. The molecule has 2 unspecified atom stereocenters. The SMILES string of the molecule is CC.O=CNC1CCc2cc(N3CCC(c4cc(Cl)cc(Cl)c4)(C(F)(F)F)C3=O)ccc21. The van der Waals surface area contributed by atoms with Gasteiger partial charge in [-0.25, -0.2) is 0 Å². The lowest BCUT2D eigenvalue weighted by molar-refractivity contribution is -0.190. The molecule has 4 nitrogen and oxygen atoms in total. The first-order valence-electron chi connectivity index (χ1n) is 10.3. The van der Waals surface area contributed by atoms with E-state index in [1.54, 1.807) is 18.2 Å². The smallest absolute Gasteiger partial charge is 0.352 e. The molecule has 0 radical (unpaired) electrons. The zero-order valence-corrected chi connectivity index (χ0v) is 19.1. The van der Waals surface area contributed by atoms with E-state index in [0.717, 1.165) is 23.3 Å². The minimum atomic E-state index is -4.82. The Morgan fingerprint density at radius 2 is 1.78 bits per heavy atom. The van der Waals surface area contributed by atoms with Crippen LogP contribution in [0.15, 0.2) is 36.4 Å². The average Bonchev–Trinajstić information content (AvgIpc) is 3.30. The number of carbonyl (C=O) groups excluding carboxylic acids is 2. The van der Waals surface area contributed by atoms with Crippen LogP contribution in [0.3, 0.4) is 0 Å². The van der Waals surface area contributed by atoms with Crippen molar-refractivity contribution in [2.45, 2.75) is 50.7 Å². The molecular weight excluding hydrogens is 464 g/mol. The first-order chi connectivity index (χ1) is 15.2. The molecule has 172 valence electrons. The van der Waals surface area contributed by atoms with Crippen LogP contribution in [0.1, 0.15) is 49.4 Å². The molecule has 32 heavy (non-hydrogen) atoms. The normalized spacial score (nSPS) is 22.3. The second-order valence-corrected chi connectivity index (χ2v) is 8.40. The van der Waals surface area contributed by atoms with Gasteiger partial charge in [0.25, 0.3) is 0 Å². The van der Waals surface area contributed by atoms with Crippen LogP contribution in [-0.4, -0.2) is 25.0 Å². The van der Waals surface area contributed by atoms with E-state index < -0.39 is 23.9 Å². The largest absolute Gasteiger partial charge is 0.407 e. The van der Waals surface area contributed by atoms with Crippen LogP contribution in [0, 0.1) is 0 Å². The number of amides is 2. The molecule has 1 N–H and O–H groups in total. The second kappa shape index (κ2) is 9.32. The number of alkyl halides is 3. The first kappa shape index (κ1) is 24.4. The molecule has 1 fully saturated rings. The second-order valence-electron chi connectivity index (χ2n) is 7.53. The van der Waals surface area contributed by atoms with Crippen LogP contribution in [0.2, 0.25) is 10.0 Å². The Morgan fingerprint density at radius 3 is 2.38 bits per heavy atom. The molecule has 2 aromatic rings. The summed E-state index contributed by atoms with van der Waals surface area (Å²) < 4.78 is 42.9. The number of nitrogens with one attached hydrogen (secondary N) is 1. The maximum absolute atomic E-state index is 14.3. The zero-order valence-electron chi connectivity index (χ0n) is 17.6. The number of carbonyl (C=O) groups is 2. The van der Waals surface area contributed by atoms with Crippen LogP contribution in [0.4, 0.5) is 18.9 Å². The van der Waals surface area contributed by atoms with Crippen LogP contribution >= 0.6 is 23.2 Å². The van der Waals surface area contributed by atoms with Gasteiger partial charge in [0.05, 0.1) is 6.04 Å². The summed E-state index contributed by atoms with van der Waals surface area (Å²) in [4.78, 5) is 25.1. The van der Waals surface area contributed by atoms with Gasteiger partial charge in [0, 0.05) is 22.3 Å². The van der Waals surface area contributed by atoms with Crippen LogP contribution in [0.25, 0.3) is 0 Å². The molecule has 4 rings (SSSR count). The molecular formula is C23H23Cl2F3N2O2. The minimum Gasteiger partial charge on any atom is -0.352 e. The zero-order chi connectivity index (χ0) is 23.7. The van der Waals surface area contributed by atoms with Crippen LogP contribution < -0.4 is 10.2 Å². The Balaban J connectivity index is 0.00000141. The van der Waals surface area contributed by atoms with Gasteiger partial charge in [0.1, 0.15) is 0 Å². The van der Waals surface area contributed by atoms with E-state index in [1.807, 2.05) is 13.8 Å². The number of hydrogen-bond donors (Lipinski definition) is 1. The number of aryl methyl sites for hydroxylation is 1. The van der Waals surface area contributed by atoms with E-state index in [2.05, 4.69) is 5.32 Å². The summed E-state index contributed by atoms with van der Waals surface area (Å²) in [5.74, 6) is -1.05. The quantitative estimate of drug-likeness (QED) is 0.539. The van der Waals surface area contributed by atoms with Crippen molar-refractivity contribution in [2.24, 2.45) is 0 Å². The van der Waals surface area contributed by atoms with E-state index >= 15 is 0 Å². The fourth-order valence-corrected chi connectivity index (χ4v) is 5.01. The van der Waals surface area contributed by atoms with Gasteiger partial charge in [0.2, 0.25) is 12.3 Å². The molecule has 2 atom stereocenters. The number of nitrogens with zero attached hydrogens (tertiary/aromatic N) is 1. The van der Waals surface area contributed by atoms with E-state index in [4.69, 9.17) is 23.2 Å². The van der Waals surface area contributed by atoms with Crippen molar-refractivity contribution in [3.63, 3.8) is 0 Å². The Kier molecular flexibility index (Phi) is 7.10. The molecule has 1 heterocycles. The first-order valence-corrected chi connectivity index (χ1v) is 11.1. The number of benzene rings is 2. The number of anilines is 1. The predicted octanol–water partition coefficient (Wildman–Crippen LogP) is 5.99. The fraction of sp³-hybridized carbons (Fsp3) is 0.391. The molecule has 2 aromatic carbocycles. The minimum absolute atomic E-state index is 0.0404. The molecule has 0 spiro atoms. The van der Waals surface area contributed by atoms with Crippen molar-refractivity contribution in [2.75, 3.05) is 11.4 Å². The molecule has 1 saturated heterocycles. The van der Waals surface area contributed by atoms with Crippen molar-refractivity contribution in [1.82, 2.24) is 5.32 Å². The van der Waals surface area contributed by atoms with E-state index in [0.29, 0.717) is 24.9 Å². The summed E-state index contributed by atoms with van der Waals surface area (Å²) in [6.07, 6.45) is -3.24. The van der Waals surface area contributed by atoms with Crippen molar-refractivity contribution < 1.29 is 22.8 Å². The Morgan fingerprint density at radius 1 is 1.12 bits per heavy atom. The Labute approximate surface area is 194 Å². The monoisotopic (exact) mass is 486 g/mol. The molecule has 0 bridgehead atoms. The van der Waals surface area contributed by atoms with E-state index in [1.165, 1.54) is 11.0 Å². The molecule has 2 aliphatic rings. The lowest BCUT2D eigenvalue weighted by atomic mass is 9.78. The van der Waals surface area contributed by atoms with Gasteiger partial charge in [-0.1, -0.05) is 43.1 Å². The standard InChI is InChI=1S/C21H17Cl2F3N2O2.C2H6/c22-14-8-13(9-15(23)10-14)20(21(24,25)26)5-6-28(19(20)30)16-2-3-17-12(7-16)1-4-18(17)27-11-29;1-2/h2-3,7-11,18H,1,4-6H2,(H,27,29);1-2H3. The third-order valence-corrected chi connectivity index (χ3v) is 6.38. The third-order valence-electron chi connectivity index (χ3n) is 5.95. The summed E-state index contributed by atoms with van der Waals surface area (Å²) >= 11 is 11.9. The topological polar surface area (TPSA) is 49.4 Å². The van der Waals surface area contributed by atoms with Crippen molar-refractivity contribution in [3.05, 3.63) is 63.1 Å². The van der Waals surface area contributed by atoms with Gasteiger partial charge in [-0.15, -0.1) is 0 Å². The average molecular weight is 487 g/mol. The predicted molar refractivity (Wildman–Crippen MR) is 119 cm³/mol. The van der Waals surface area contributed by atoms with Crippen molar-refractivity contribution in [3.8, 4) is 0 Å². The summed E-state index contributed by atoms with van der Waals surface area (Å²) in [6, 6.07) is 8.63. The number of halogens is 5. The summed E-state index contributed by atoms with van der Waals surface area (Å²) in [7, 11) is 0. The van der Waals surface area contributed by atoms with Gasteiger partial charge in [-0.3, -0.25) is 9.59 Å². The van der Waals surface area contributed by atoms with Crippen molar-refractivity contribution >= 4 is 41.2 Å². The molecule has 2 amide bonds. The van der Waals surface area contributed by atoms with E-state index in [9.17, 15) is 22.8 Å². The van der Waals surface area contributed by atoms with Crippen molar-refractivity contribution in [1.29, 1.82) is 0 Å². The molecule has 0 aromatic heterocycles. The number of rotatable bonds is 4.